The Balaban J connectivity index is 1.48. The number of halogens is 2. The van der Waals surface area contributed by atoms with Crippen molar-refractivity contribution in [2.45, 2.75) is 19.5 Å². The second-order valence-electron chi connectivity index (χ2n) is 6.37. The van der Waals surface area contributed by atoms with Crippen molar-refractivity contribution in [2.75, 3.05) is 31.2 Å². The molecule has 0 aliphatic carbocycles. The predicted octanol–water partition coefficient (Wildman–Crippen LogP) is 2.44. The fourth-order valence-electron chi connectivity index (χ4n) is 3.26. The Kier molecular flexibility index (Phi) is 5.25. The first kappa shape index (κ1) is 17.3. The zero-order valence-corrected chi connectivity index (χ0v) is 13.9. The van der Waals surface area contributed by atoms with Crippen molar-refractivity contribution < 1.29 is 13.5 Å². The largest absolute Gasteiger partial charge is 0.435 e. The number of piperidine rings is 1. The summed E-state index contributed by atoms with van der Waals surface area (Å²) in [5.74, 6) is 0.906. The van der Waals surface area contributed by atoms with Gasteiger partial charge in [0.05, 0.1) is 6.67 Å². The highest BCUT2D eigenvalue weighted by molar-refractivity contribution is 5.74. The van der Waals surface area contributed by atoms with Crippen LogP contribution in [0.5, 0.6) is 5.75 Å². The van der Waals surface area contributed by atoms with Crippen LogP contribution in [0.2, 0.25) is 0 Å². The molecule has 0 aromatic heterocycles. The fourth-order valence-corrected chi connectivity index (χ4v) is 3.26. The van der Waals surface area contributed by atoms with Gasteiger partial charge in [0.25, 0.3) is 0 Å². The molecule has 2 heterocycles. The number of hydrogen-bond donors (Lipinski definition) is 2. The van der Waals surface area contributed by atoms with Crippen molar-refractivity contribution in [1.29, 1.82) is 5.41 Å². The van der Waals surface area contributed by atoms with E-state index in [0.717, 1.165) is 44.8 Å². The molecule has 2 aliphatic rings. The minimum Gasteiger partial charge on any atom is -0.435 e. The molecule has 6 nitrogen and oxygen atoms in total. The summed E-state index contributed by atoms with van der Waals surface area (Å²) in [5, 5.41) is 7.48. The summed E-state index contributed by atoms with van der Waals surface area (Å²) in [6.07, 6.45) is 6.11. The van der Waals surface area contributed by atoms with Gasteiger partial charge < -0.3 is 25.2 Å². The van der Waals surface area contributed by atoms with Crippen molar-refractivity contribution in [3.8, 4) is 5.75 Å². The Morgan fingerprint density at radius 1 is 1.20 bits per heavy atom. The van der Waals surface area contributed by atoms with Crippen LogP contribution < -0.4 is 15.4 Å². The molecule has 1 aromatic rings. The van der Waals surface area contributed by atoms with Gasteiger partial charge in [0, 0.05) is 37.7 Å². The van der Waals surface area contributed by atoms with Crippen molar-refractivity contribution in [3.63, 3.8) is 0 Å². The number of nitrogens with two attached hydrogens (primary N) is 1. The van der Waals surface area contributed by atoms with E-state index in [9.17, 15) is 8.78 Å². The first-order valence-corrected chi connectivity index (χ1v) is 8.34. The number of rotatable bonds is 5. The minimum absolute atomic E-state index is 0.157. The number of nitrogens with zero attached hydrogens (tertiary/aromatic N) is 3. The van der Waals surface area contributed by atoms with Crippen LogP contribution in [0.4, 0.5) is 14.5 Å². The van der Waals surface area contributed by atoms with Gasteiger partial charge in [-0.3, -0.25) is 5.41 Å². The Morgan fingerprint density at radius 3 is 2.48 bits per heavy atom. The van der Waals surface area contributed by atoms with Crippen molar-refractivity contribution in [1.82, 2.24) is 9.80 Å². The van der Waals surface area contributed by atoms with E-state index in [2.05, 4.69) is 20.7 Å². The second kappa shape index (κ2) is 7.58. The van der Waals surface area contributed by atoms with Crippen LogP contribution in [0.15, 0.2) is 36.7 Å². The van der Waals surface area contributed by atoms with Gasteiger partial charge in [0.1, 0.15) is 5.75 Å². The number of anilines is 1. The SMILES string of the molecule is N=C(N)N1CCC(CN2C=CN(c3ccc(OC(F)F)cc3)C2)CC1. The molecular formula is C17H23F2N5O. The summed E-state index contributed by atoms with van der Waals surface area (Å²) in [6.45, 7) is 0.579. The van der Waals surface area contributed by atoms with Gasteiger partial charge in [-0.05, 0) is 43.0 Å². The van der Waals surface area contributed by atoms with E-state index in [4.69, 9.17) is 11.1 Å². The normalized spacial score (nSPS) is 18.3. The number of nitrogens with one attached hydrogen (secondary N) is 1. The zero-order valence-electron chi connectivity index (χ0n) is 13.9. The number of ether oxygens (including phenoxy) is 1. The lowest BCUT2D eigenvalue weighted by atomic mass is 9.96. The lowest BCUT2D eigenvalue weighted by molar-refractivity contribution is -0.0498. The molecule has 3 N–H and O–H groups in total. The van der Waals surface area contributed by atoms with E-state index in [0.29, 0.717) is 5.92 Å². The van der Waals surface area contributed by atoms with Gasteiger partial charge in [0.2, 0.25) is 0 Å². The molecular weight excluding hydrogens is 328 g/mol. The first-order chi connectivity index (χ1) is 12.0. The van der Waals surface area contributed by atoms with E-state index in [1.54, 1.807) is 24.3 Å². The van der Waals surface area contributed by atoms with Crippen molar-refractivity contribution in [2.24, 2.45) is 11.7 Å². The highest BCUT2D eigenvalue weighted by Gasteiger charge is 2.23. The van der Waals surface area contributed by atoms with E-state index in [-0.39, 0.29) is 11.7 Å². The van der Waals surface area contributed by atoms with Crippen LogP contribution in [0.3, 0.4) is 0 Å². The molecule has 0 unspecified atom stereocenters. The molecule has 0 amide bonds. The lowest BCUT2D eigenvalue weighted by Crippen LogP contribution is -2.44. The van der Waals surface area contributed by atoms with E-state index < -0.39 is 6.61 Å². The molecule has 2 aliphatic heterocycles. The standard InChI is InChI=1S/C17H23F2N5O/c18-16(19)25-15-3-1-14(2-4-15)24-10-9-22(12-24)11-13-5-7-23(8-6-13)17(20)21/h1-4,9-10,13,16H,5-8,11-12H2,(H3,20,21). The van der Waals surface area contributed by atoms with E-state index in [1.165, 1.54) is 0 Å². The third-order valence-corrected chi connectivity index (χ3v) is 4.63. The molecule has 0 radical (unpaired) electrons. The number of benzene rings is 1. The number of likely N-dealkylation sites (tertiary alicyclic amines) is 1. The highest BCUT2D eigenvalue weighted by Crippen LogP contribution is 2.25. The number of alkyl halides is 2. The van der Waals surface area contributed by atoms with Gasteiger partial charge in [-0.15, -0.1) is 0 Å². The van der Waals surface area contributed by atoms with Crippen molar-refractivity contribution >= 4 is 11.6 Å². The summed E-state index contributed by atoms with van der Waals surface area (Å²) in [7, 11) is 0. The number of hydrogen-bond acceptors (Lipinski definition) is 4. The highest BCUT2D eigenvalue weighted by atomic mass is 19.3. The van der Waals surface area contributed by atoms with Gasteiger partial charge >= 0.3 is 6.61 Å². The average Bonchev–Trinajstić information content (AvgIpc) is 3.04. The van der Waals surface area contributed by atoms with Gasteiger partial charge in [-0.1, -0.05) is 0 Å². The van der Waals surface area contributed by atoms with Crippen LogP contribution >= 0.6 is 0 Å². The maximum Gasteiger partial charge on any atom is 0.387 e. The molecule has 0 saturated carbocycles. The summed E-state index contributed by atoms with van der Waals surface area (Å²) in [4.78, 5) is 6.22. The van der Waals surface area contributed by atoms with Crippen LogP contribution in [0, 0.1) is 11.3 Å². The molecule has 136 valence electrons. The molecule has 1 aromatic carbocycles. The van der Waals surface area contributed by atoms with E-state index >= 15 is 0 Å². The molecule has 0 bridgehead atoms. The van der Waals surface area contributed by atoms with Crippen LogP contribution in [-0.4, -0.2) is 48.7 Å². The van der Waals surface area contributed by atoms with Gasteiger partial charge in [-0.2, -0.15) is 8.78 Å². The summed E-state index contributed by atoms with van der Waals surface area (Å²) >= 11 is 0. The fraction of sp³-hybridized carbons (Fsp3) is 0.471. The smallest absolute Gasteiger partial charge is 0.387 e. The van der Waals surface area contributed by atoms with Gasteiger partial charge in [0.15, 0.2) is 5.96 Å². The summed E-state index contributed by atoms with van der Waals surface area (Å²) in [6, 6.07) is 6.65. The molecule has 0 spiro atoms. The van der Waals surface area contributed by atoms with Crippen LogP contribution in [0.1, 0.15) is 12.8 Å². The zero-order chi connectivity index (χ0) is 17.8. The van der Waals surface area contributed by atoms with Crippen molar-refractivity contribution in [3.05, 3.63) is 36.7 Å². The molecule has 8 heteroatoms. The Morgan fingerprint density at radius 2 is 1.88 bits per heavy atom. The first-order valence-electron chi connectivity index (χ1n) is 8.34. The van der Waals surface area contributed by atoms with Crippen LogP contribution in [0.25, 0.3) is 0 Å². The summed E-state index contributed by atoms with van der Waals surface area (Å²) in [5.41, 5.74) is 6.46. The molecule has 0 atom stereocenters. The molecule has 1 saturated heterocycles. The average molecular weight is 351 g/mol. The maximum atomic E-state index is 12.2. The third kappa shape index (κ3) is 4.52. The molecule has 3 rings (SSSR count). The lowest BCUT2D eigenvalue weighted by Gasteiger charge is -2.34. The Hall–Kier alpha value is -2.51. The molecule has 25 heavy (non-hydrogen) atoms. The maximum absolute atomic E-state index is 12.2. The third-order valence-electron chi connectivity index (χ3n) is 4.63. The topological polar surface area (TPSA) is 68.8 Å². The van der Waals surface area contributed by atoms with Gasteiger partial charge in [-0.25, -0.2) is 0 Å². The van der Waals surface area contributed by atoms with E-state index in [1.807, 2.05) is 11.1 Å². The molecule has 1 fully saturated rings. The summed E-state index contributed by atoms with van der Waals surface area (Å²) < 4.78 is 28.8. The quantitative estimate of drug-likeness (QED) is 0.630. The predicted molar refractivity (Wildman–Crippen MR) is 92.5 cm³/mol. The second-order valence-corrected chi connectivity index (χ2v) is 6.37. The minimum atomic E-state index is -2.80. The number of guanidine groups is 1. The van der Waals surface area contributed by atoms with Crippen LogP contribution in [-0.2, 0) is 0 Å². The monoisotopic (exact) mass is 351 g/mol. The Labute approximate surface area is 145 Å². The Bertz CT molecular complexity index is 614.